The fourth-order valence-electron chi connectivity index (χ4n) is 1.95. The molecule has 0 atom stereocenters. The highest BCUT2D eigenvalue weighted by Gasteiger charge is 2.18. The first-order valence-corrected chi connectivity index (χ1v) is 7.09. The Morgan fingerprint density at radius 1 is 1.32 bits per heavy atom. The standard InChI is InChI=1S/C15H18N2OS/c1-4-17(13-7-5-6-12(16)9-13)15(18)14-8-10(2)11(3)19-14/h5-9H,4,16H2,1-3H3. The Morgan fingerprint density at radius 3 is 2.58 bits per heavy atom. The van der Waals surface area contributed by atoms with Crippen molar-refractivity contribution in [3.8, 4) is 0 Å². The Kier molecular flexibility index (Phi) is 3.90. The third-order valence-electron chi connectivity index (χ3n) is 3.12. The van der Waals surface area contributed by atoms with E-state index in [4.69, 9.17) is 5.73 Å². The van der Waals surface area contributed by atoms with E-state index in [9.17, 15) is 4.79 Å². The number of carbonyl (C=O) groups is 1. The molecule has 0 saturated carbocycles. The topological polar surface area (TPSA) is 46.3 Å². The monoisotopic (exact) mass is 274 g/mol. The van der Waals surface area contributed by atoms with Crippen molar-refractivity contribution in [3.05, 3.63) is 45.6 Å². The summed E-state index contributed by atoms with van der Waals surface area (Å²) < 4.78 is 0. The van der Waals surface area contributed by atoms with Gasteiger partial charge in [-0.25, -0.2) is 0 Å². The van der Waals surface area contributed by atoms with Crippen molar-refractivity contribution < 1.29 is 4.79 Å². The lowest BCUT2D eigenvalue weighted by atomic mass is 10.2. The normalized spacial score (nSPS) is 10.5. The molecule has 4 heteroatoms. The molecular formula is C15H18N2OS. The van der Waals surface area contributed by atoms with E-state index in [0.717, 1.165) is 16.1 Å². The molecule has 100 valence electrons. The van der Waals surface area contributed by atoms with Crippen molar-refractivity contribution in [2.24, 2.45) is 0 Å². The van der Waals surface area contributed by atoms with Gasteiger partial charge in [-0.05, 0) is 50.6 Å². The second-order valence-electron chi connectivity index (χ2n) is 4.49. The predicted octanol–water partition coefficient (Wildman–Crippen LogP) is 3.61. The molecule has 0 radical (unpaired) electrons. The van der Waals surface area contributed by atoms with Gasteiger partial charge in [-0.2, -0.15) is 0 Å². The number of nitrogens with zero attached hydrogens (tertiary/aromatic N) is 1. The minimum Gasteiger partial charge on any atom is -0.399 e. The number of hydrogen-bond acceptors (Lipinski definition) is 3. The molecule has 0 saturated heterocycles. The van der Waals surface area contributed by atoms with Crippen LogP contribution in [0.15, 0.2) is 30.3 Å². The van der Waals surface area contributed by atoms with Crippen LogP contribution in [0, 0.1) is 13.8 Å². The summed E-state index contributed by atoms with van der Waals surface area (Å²) in [6.45, 7) is 6.65. The molecule has 2 N–H and O–H groups in total. The number of nitrogens with two attached hydrogens (primary N) is 1. The molecule has 0 aliphatic carbocycles. The van der Waals surface area contributed by atoms with E-state index in [0.29, 0.717) is 12.2 Å². The Labute approximate surface area is 117 Å². The first-order chi connectivity index (χ1) is 9.02. The van der Waals surface area contributed by atoms with E-state index >= 15 is 0 Å². The average molecular weight is 274 g/mol. The van der Waals surface area contributed by atoms with Crippen molar-refractivity contribution >= 4 is 28.6 Å². The Bertz CT molecular complexity index is 584. The fourth-order valence-corrected chi connectivity index (χ4v) is 2.93. The number of benzene rings is 1. The molecule has 3 nitrogen and oxygen atoms in total. The fraction of sp³-hybridized carbons (Fsp3) is 0.267. The van der Waals surface area contributed by atoms with Gasteiger partial charge in [0.25, 0.3) is 5.91 Å². The van der Waals surface area contributed by atoms with Gasteiger partial charge in [0, 0.05) is 22.8 Å². The zero-order chi connectivity index (χ0) is 14.0. The van der Waals surface area contributed by atoms with Crippen molar-refractivity contribution in [1.29, 1.82) is 0 Å². The van der Waals surface area contributed by atoms with Crippen LogP contribution >= 0.6 is 11.3 Å². The number of amides is 1. The minimum absolute atomic E-state index is 0.0364. The first kappa shape index (κ1) is 13.6. The molecule has 1 heterocycles. The maximum absolute atomic E-state index is 12.5. The van der Waals surface area contributed by atoms with Crippen LogP contribution < -0.4 is 10.6 Å². The van der Waals surface area contributed by atoms with Crippen LogP contribution in [0.3, 0.4) is 0 Å². The lowest BCUT2D eigenvalue weighted by Gasteiger charge is -2.20. The van der Waals surface area contributed by atoms with Crippen molar-refractivity contribution in [1.82, 2.24) is 0 Å². The molecule has 1 aromatic heterocycles. The van der Waals surface area contributed by atoms with E-state index in [1.54, 1.807) is 16.2 Å². The summed E-state index contributed by atoms with van der Waals surface area (Å²) in [6, 6.07) is 9.38. The lowest BCUT2D eigenvalue weighted by Crippen LogP contribution is -2.30. The third kappa shape index (κ3) is 2.79. The maximum Gasteiger partial charge on any atom is 0.268 e. The Morgan fingerprint density at radius 2 is 2.05 bits per heavy atom. The van der Waals surface area contributed by atoms with Crippen LogP contribution in [0.25, 0.3) is 0 Å². The first-order valence-electron chi connectivity index (χ1n) is 6.27. The second kappa shape index (κ2) is 5.45. The zero-order valence-electron chi connectivity index (χ0n) is 11.4. The summed E-state index contributed by atoms with van der Waals surface area (Å²) in [7, 11) is 0. The van der Waals surface area contributed by atoms with Crippen molar-refractivity contribution in [2.45, 2.75) is 20.8 Å². The number of nitrogen functional groups attached to an aromatic ring is 1. The van der Waals surface area contributed by atoms with Gasteiger partial charge >= 0.3 is 0 Å². The molecule has 1 amide bonds. The molecule has 0 aliphatic heterocycles. The van der Waals surface area contributed by atoms with Crippen molar-refractivity contribution in [2.75, 3.05) is 17.2 Å². The highest BCUT2D eigenvalue weighted by Crippen LogP contribution is 2.25. The summed E-state index contributed by atoms with van der Waals surface area (Å²) in [5, 5.41) is 0. The maximum atomic E-state index is 12.5. The average Bonchev–Trinajstić information content (AvgIpc) is 2.70. The molecule has 2 rings (SSSR count). The van der Waals surface area contributed by atoms with E-state index in [1.165, 1.54) is 4.88 Å². The van der Waals surface area contributed by atoms with Gasteiger partial charge in [0.15, 0.2) is 0 Å². The quantitative estimate of drug-likeness (QED) is 0.869. The number of anilines is 2. The Balaban J connectivity index is 2.34. The van der Waals surface area contributed by atoms with Gasteiger partial charge in [0.1, 0.15) is 0 Å². The molecule has 0 spiro atoms. The van der Waals surface area contributed by atoms with Gasteiger partial charge in [-0.1, -0.05) is 6.07 Å². The summed E-state index contributed by atoms with van der Waals surface area (Å²) >= 11 is 1.54. The van der Waals surface area contributed by atoms with E-state index < -0.39 is 0 Å². The van der Waals surface area contributed by atoms with Crippen LogP contribution in [0.4, 0.5) is 11.4 Å². The smallest absolute Gasteiger partial charge is 0.268 e. The van der Waals surface area contributed by atoms with Crippen LogP contribution in [-0.4, -0.2) is 12.5 Å². The highest BCUT2D eigenvalue weighted by atomic mass is 32.1. The van der Waals surface area contributed by atoms with Gasteiger partial charge in [0.2, 0.25) is 0 Å². The molecule has 19 heavy (non-hydrogen) atoms. The minimum atomic E-state index is 0.0364. The molecule has 0 fully saturated rings. The molecule has 1 aromatic carbocycles. The SMILES string of the molecule is CCN(C(=O)c1cc(C)c(C)s1)c1cccc(N)c1. The predicted molar refractivity (Wildman–Crippen MR) is 82.0 cm³/mol. The van der Waals surface area contributed by atoms with Crippen LogP contribution in [0.2, 0.25) is 0 Å². The summed E-state index contributed by atoms with van der Waals surface area (Å²) in [5.41, 5.74) is 8.46. The molecular weight excluding hydrogens is 256 g/mol. The number of hydrogen-bond donors (Lipinski definition) is 1. The summed E-state index contributed by atoms with van der Waals surface area (Å²) in [5.74, 6) is 0.0364. The van der Waals surface area contributed by atoms with E-state index in [-0.39, 0.29) is 5.91 Å². The second-order valence-corrected chi connectivity index (χ2v) is 5.75. The largest absolute Gasteiger partial charge is 0.399 e. The van der Waals surface area contributed by atoms with Crippen LogP contribution in [0.5, 0.6) is 0 Å². The van der Waals surface area contributed by atoms with E-state index in [1.807, 2.05) is 51.1 Å². The van der Waals surface area contributed by atoms with Gasteiger partial charge in [0.05, 0.1) is 4.88 Å². The van der Waals surface area contributed by atoms with Gasteiger partial charge in [-0.15, -0.1) is 11.3 Å². The lowest BCUT2D eigenvalue weighted by molar-refractivity contribution is 0.0992. The van der Waals surface area contributed by atoms with Crippen LogP contribution in [-0.2, 0) is 0 Å². The number of thiophene rings is 1. The van der Waals surface area contributed by atoms with Gasteiger partial charge < -0.3 is 10.6 Å². The van der Waals surface area contributed by atoms with E-state index in [2.05, 4.69) is 0 Å². The number of rotatable bonds is 3. The van der Waals surface area contributed by atoms with Crippen molar-refractivity contribution in [3.63, 3.8) is 0 Å². The van der Waals surface area contributed by atoms with Gasteiger partial charge in [-0.3, -0.25) is 4.79 Å². The molecule has 0 bridgehead atoms. The highest BCUT2D eigenvalue weighted by molar-refractivity contribution is 7.14. The van der Waals surface area contributed by atoms with Crippen LogP contribution in [0.1, 0.15) is 27.0 Å². The Hall–Kier alpha value is -1.81. The molecule has 0 aliphatic rings. The molecule has 0 unspecified atom stereocenters. The summed E-state index contributed by atoms with van der Waals surface area (Å²) in [6.07, 6.45) is 0. The zero-order valence-corrected chi connectivity index (χ0v) is 12.3. The third-order valence-corrected chi connectivity index (χ3v) is 4.26. The summed E-state index contributed by atoms with van der Waals surface area (Å²) in [4.78, 5) is 16.3. The number of carbonyl (C=O) groups excluding carboxylic acids is 1. The number of aryl methyl sites for hydroxylation is 2. The molecule has 2 aromatic rings.